The van der Waals surface area contributed by atoms with Crippen molar-refractivity contribution in [1.82, 2.24) is 15.3 Å². The summed E-state index contributed by atoms with van der Waals surface area (Å²) in [7, 11) is -0.166. The molecule has 9 nitrogen and oxygen atoms in total. The van der Waals surface area contributed by atoms with E-state index in [9.17, 15) is 13.2 Å². The first-order valence-corrected chi connectivity index (χ1v) is 13.3. The first-order valence-electron chi connectivity index (χ1n) is 11.4. The summed E-state index contributed by atoms with van der Waals surface area (Å²) in [5.74, 6) is 1.60. The zero-order valence-electron chi connectivity index (χ0n) is 20.4. The van der Waals surface area contributed by atoms with Crippen LogP contribution in [0.15, 0.2) is 41.3 Å². The molecule has 0 bridgehead atoms. The predicted molar refractivity (Wildman–Crippen MR) is 134 cm³/mol. The molecule has 0 radical (unpaired) electrons. The molecule has 1 amide bonds. The number of amides is 1. The Morgan fingerprint density at radius 1 is 1.14 bits per heavy atom. The van der Waals surface area contributed by atoms with Crippen molar-refractivity contribution in [2.24, 2.45) is 5.92 Å². The number of benzene rings is 2. The smallest absolute Gasteiger partial charge is 0.226 e. The van der Waals surface area contributed by atoms with E-state index in [4.69, 9.17) is 9.47 Å². The van der Waals surface area contributed by atoms with Crippen molar-refractivity contribution < 1.29 is 22.7 Å². The molecule has 10 heteroatoms. The first-order chi connectivity index (χ1) is 16.7. The molecule has 4 rings (SSSR count). The van der Waals surface area contributed by atoms with Crippen molar-refractivity contribution in [3.05, 3.63) is 47.7 Å². The van der Waals surface area contributed by atoms with Crippen LogP contribution in [-0.4, -0.2) is 57.9 Å². The topological polar surface area (TPSA) is 111 Å². The molecule has 1 aliphatic rings. The molecule has 3 aromatic rings. The number of ether oxygens (including phenoxy) is 2. The maximum atomic E-state index is 13.0. The average molecular weight is 499 g/mol. The normalized spacial score (nSPS) is 16.2. The van der Waals surface area contributed by atoms with Crippen molar-refractivity contribution in [2.75, 3.05) is 38.5 Å². The molecule has 0 aliphatic carbocycles. The molecule has 2 aromatic carbocycles. The lowest BCUT2D eigenvalue weighted by molar-refractivity contribution is -0.125. The molecule has 1 fully saturated rings. The van der Waals surface area contributed by atoms with E-state index in [0.29, 0.717) is 36.1 Å². The number of aromatic nitrogens is 2. The first kappa shape index (κ1) is 24.7. The summed E-state index contributed by atoms with van der Waals surface area (Å²) >= 11 is 0. The van der Waals surface area contributed by atoms with E-state index in [2.05, 4.69) is 15.3 Å². The van der Waals surface area contributed by atoms with Gasteiger partial charge in [0.1, 0.15) is 11.5 Å². The van der Waals surface area contributed by atoms with Gasteiger partial charge in [-0.2, -0.15) is 0 Å². The fraction of sp³-hybridized carbons (Fsp3) is 0.400. The number of carbonyl (C=O) groups excluding carboxylic acids is 1. The number of hydrogen-bond donors (Lipinski definition) is 1. The number of methoxy groups -OCH3 is 2. The van der Waals surface area contributed by atoms with Crippen molar-refractivity contribution in [3.8, 4) is 11.5 Å². The number of carbonyl (C=O) groups is 1. The van der Waals surface area contributed by atoms with E-state index in [1.807, 2.05) is 24.0 Å². The van der Waals surface area contributed by atoms with Crippen LogP contribution in [0.2, 0.25) is 0 Å². The Labute approximate surface area is 205 Å². The average Bonchev–Trinajstić information content (AvgIpc) is 2.86. The van der Waals surface area contributed by atoms with Crippen molar-refractivity contribution >= 4 is 32.6 Å². The molecule has 0 saturated carbocycles. The molecule has 0 unspecified atom stereocenters. The van der Waals surface area contributed by atoms with Crippen LogP contribution in [0.4, 0.5) is 5.95 Å². The number of nitrogens with zero attached hydrogens (tertiary/aromatic N) is 3. The molecule has 2 heterocycles. The van der Waals surface area contributed by atoms with Gasteiger partial charge in [-0.3, -0.25) is 4.79 Å². The van der Waals surface area contributed by atoms with Gasteiger partial charge in [-0.15, -0.1) is 0 Å². The second-order valence-corrected chi connectivity index (χ2v) is 10.8. The van der Waals surface area contributed by atoms with Crippen LogP contribution >= 0.6 is 0 Å². The Morgan fingerprint density at radius 3 is 2.66 bits per heavy atom. The summed E-state index contributed by atoms with van der Waals surface area (Å²) in [6, 6.07) is 10.4. The lowest BCUT2D eigenvalue weighted by atomic mass is 9.97. The highest BCUT2D eigenvalue weighted by atomic mass is 32.2. The van der Waals surface area contributed by atoms with Gasteiger partial charge in [-0.05, 0) is 50.1 Å². The van der Waals surface area contributed by atoms with Crippen LogP contribution in [0, 0.1) is 12.8 Å². The molecular weight excluding hydrogens is 468 g/mol. The zero-order chi connectivity index (χ0) is 25.2. The van der Waals surface area contributed by atoms with E-state index < -0.39 is 9.84 Å². The van der Waals surface area contributed by atoms with E-state index >= 15 is 0 Å². The van der Waals surface area contributed by atoms with Gasteiger partial charge in [0.2, 0.25) is 11.9 Å². The van der Waals surface area contributed by atoms with Gasteiger partial charge >= 0.3 is 0 Å². The quantitative estimate of drug-likeness (QED) is 0.529. The number of aryl methyl sites for hydroxylation is 1. The van der Waals surface area contributed by atoms with E-state index in [1.165, 1.54) is 6.26 Å². The fourth-order valence-electron chi connectivity index (χ4n) is 4.32. The number of sulfone groups is 1. The van der Waals surface area contributed by atoms with Gasteiger partial charge in [0, 0.05) is 42.9 Å². The second kappa shape index (κ2) is 10.1. The monoisotopic (exact) mass is 498 g/mol. The molecule has 1 aliphatic heterocycles. The molecule has 35 heavy (non-hydrogen) atoms. The number of piperidine rings is 1. The highest BCUT2D eigenvalue weighted by Crippen LogP contribution is 2.27. The number of fused-ring (bicyclic) bond motifs is 1. The summed E-state index contributed by atoms with van der Waals surface area (Å²) in [5, 5.41) is 3.83. The highest BCUT2D eigenvalue weighted by Gasteiger charge is 2.27. The third-order valence-corrected chi connectivity index (χ3v) is 7.41. The third-order valence-electron chi connectivity index (χ3n) is 6.30. The van der Waals surface area contributed by atoms with Gasteiger partial charge in [-0.1, -0.05) is 0 Å². The number of nitrogens with one attached hydrogen (secondary N) is 1. The minimum atomic E-state index is -3.35. The van der Waals surface area contributed by atoms with Crippen molar-refractivity contribution in [1.29, 1.82) is 0 Å². The molecule has 1 saturated heterocycles. The number of anilines is 1. The van der Waals surface area contributed by atoms with E-state index in [0.717, 1.165) is 36.0 Å². The van der Waals surface area contributed by atoms with Crippen LogP contribution in [-0.2, 0) is 21.2 Å². The SMILES string of the molecule is COc1ccc(CNC(=O)[C@@H]2CCCN(c3nc(C)c4ccc(S(C)(=O)=O)cc4n3)C2)c(OC)c1. The Kier molecular flexibility index (Phi) is 7.11. The predicted octanol–water partition coefficient (Wildman–Crippen LogP) is 2.89. The van der Waals surface area contributed by atoms with Gasteiger partial charge in [0.15, 0.2) is 9.84 Å². The number of hydrogen-bond acceptors (Lipinski definition) is 8. The molecule has 186 valence electrons. The highest BCUT2D eigenvalue weighted by molar-refractivity contribution is 7.90. The molecule has 1 aromatic heterocycles. The van der Waals surface area contributed by atoms with Gasteiger partial charge < -0.3 is 19.7 Å². The Bertz CT molecular complexity index is 1360. The van der Waals surface area contributed by atoms with Gasteiger partial charge in [0.25, 0.3) is 0 Å². The summed E-state index contributed by atoms with van der Waals surface area (Å²) in [5.41, 5.74) is 2.21. The maximum Gasteiger partial charge on any atom is 0.226 e. The standard InChI is InChI=1S/C25H30N4O5S/c1-16-21-10-9-20(35(4,31)32)13-22(21)28-25(27-16)29-11-5-6-18(15-29)24(30)26-14-17-7-8-19(33-2)12-23(17)34-3/h7-10,12-13,18H,5-6,11,14-15H2,1-4H3,(H,26,30)/t18-/m1/s1. The molecule has 1 N–H and O–H groups in total. The molecule has 1 atom stereocenters. The third kappa shape index (κ3) is 5.48. The fourth-order valence-corrected chi connectivity index (χ4v) is 4.96. The van der Waals surface area contributed by atoms with Crippen LogP contribution in [0.1, 0.15) is 24.1 Å². The second-order valence-electron chi connectivity index (χ2n) is 8.74. The Balaban J connectivity index is 1.49. The van der Waals surface area contributed by atoms with Gasteiger partial charge in [-0.25, -0.2) is 18.4 Å². The van der Waals surface area contributed by atoms with Crippen LogP contribution < -0.4 is 19.7 Å². The summed E-state index contributed by atoms with van der Waals surface area (Å²) < 4.78 is 34.6. The number of rotatable bonds is 7. The maximum absolute atomic E-state index is 13.0. The summed E-state index contributed by atoms with van der Waals surface area (Å²) in [6.07, 6.45) is 2.78. The van der Waals surface area contributed by atoms with Crippen molar-refractivity contribution in [3.63, 3.8) is 0 Å². The Morgan fingerprint density at radius 2 is 1.94 bits per heavy atom. The van der Waals surface area contributed by atoms with Crippen LogP contribution in [0.25, 0.3) is 10.9 Å². The van der Waals surface area contributed by atoms with Gasteiger partial charge in [0.05, 0.1) is 36.2 Å². The van der Waals surface area contributed by atoms with Crippen LogP contribution in [0.3, 0.4) is 0 Å². The summed E-state index contributed by atoms with van der Waals surface area (Å²) in [6.45, 7) is 3.45. The largest absolute Gasteiger partial charge is 0.497 e. The molecule has 0 spiro atoms. The Hall–Kier alpha value is -3.40. The van der Waals surface area contributed by atoms with E-state index in [1.54, 1.807) is 38.5 Å². The molecular formula is C25H30N4O5S. The zero-order valence-corrected chi connectivity index (χ0v) is 21.2. The van der Waals surface area contributed by atoms with E-state index in [-0.39, 0.29) is 16.7 Å². The lowest BCUT2D eigenvalue weighted by Crippen LogP contribution is -2.43. The van der Waals surface area contributed by atoms with Crippen LogP contribution in [0.5, 0.6) is 11.5 Å². The van der Waals surface area contributed by atoms with Crippen molar-refractivity contribution in [2.45, 2.75) is 31.2 Å². The lowest BCUT2D eigenvalue weighted by Gasteiger charge is -2.32. The minimum absolute atomic E-state index is 0.0376. The summed E-state index contributed by atoms with van der Waals surface area (Å²) in [4.78, 5) is 24.5. The minimum Gasteiger partial charge on any atom is -0.497 e.